The van der Waals surface area contributed by atoms with Gasteiger partial charge < -0.3 is 14.3 Å². The van der Waals surface area contributed by atoms with E-state index in [-0.39, 0.29) is 5.91 Å². The molecule has 0 aliphatic carbocycles. The van der Waals surface area contributed by atoms with Gasteiger partial charge in [0.2, 0.25) is 0 Å². The molecule has 2 aromatic heterocycles. The van der Waals surface area contributed by atoms with Gasteiger partial charge in [0.1, 0.15) is 11.5 Å². The number of aromatic nitrogens is 1. The molecule has 2 heterocycles. The highest BCUT2D eigenvalue weighted by molar-refractivity contribution is 5.91. The first-order valence-electron chi connectivity index (χ1n) is 7.96. The molecule has 124 valence electrons. The van der Waals surface area contributed by atoms with Crippen molar-refractivity contribution in [1.82, 2.24) is 10.5 Å². The summed E-state index contributed by atoms with van der Waals surface area (Å²) in [7, 11) is 0. The molecule has 24 heavy (non-hydrogen) atoms. The van der Waals surface area contributed by atoms with E-state index in [0.717, 1.165) is 29.2 Å². The van der Waals surface area contributed by atoms with E-state index in [2.05, 4.69) is 10.5 Å². The van der Waals surface area contributed by atoms with Crippen LogP contribution in [0.15, 0.2) is 51.4 Å². The molecule has 0 unspecified atom stereocenters. The molecule has 1 aromatic carbocycles. The van der Waals surface area contributed by atoms with Gasteiger partial charge in [-0.1, -0.05) is 35.5 Å². The number of nitrogens with zero attached hydrogens (tertiary/aromatic N) is 1. The number of hydrogen-bond donors (Lipinski definition) is 1. The third-order valence-electron chi connectivity index (χ3n) is 3.96. The zero-order valence-corrected chi connectivity index (χ0v) is 13.8. The summed E-state index contributed by atoms with van der Waals surface area (Å²) in [5.41, 5.74) is 3.04. The lowest BCUT2D eigenvalue weighted by molar-refractivity contribution is 0.0925. The molecule has 0 spiro atoms. The van der Waals surface area contributed by atoms with E-state index in [9.17, 15) is 4.79 Å². The van der Waals surface area contributed by atoms with Crippen LogP contribution in [0.25, 0.3) is 0 Å². The van der Waals surface area contributed by atoms with Crippen LogP contribution < -0.4 is 5.32 Å². The molecular formula is C19H20N2O3. The Hall–Kier alpha value is -2.82. The topological polar surface area (TPSA) is 68.3 Å². The summed E-state index contributed by atoms with van der Waals surface area (Å²) >= 11 is 0. The van der Waals surface area contributed by atoms with Crippen molar-refractivity contribution in [3.05, 3.63) is 76.6 Å². The molecule has 0 aliphatic rings. The molecule has 0 atom stereocenters. The molecule has 0 saturated heterocycles. The second kappa shape index (κ2) is 7.17. The zero-order chi connectivity index (χ0) is 16.9. The Kier molecular flexibility index (Phi) is 4.79. The molecule has 0 bridgehead atoms. The number of carbonyl (C=O) groups is 1. The Labute approximate surface area is 140 Å². The number of rotatable bonds is 6. The maximum absolute atomic E-state index is 12.1. The number of carbonyl (C=O) groups excluding carboxylic acids is 1. The Morgan fingerprint density at radius 1 is 1.12 bits per heavy atom. The van der Waals surface area contributed by atoms with Gasteiger partial charge >= 0.3 is 0 Å². The van der Waals surface area contributed by atoms with Crippen molar-refractivity contribution >= 4 is 5.91 Å². The number of benzene rings is 1. The molecule has 0 aliphatic heterocycles. The van der Waals surface area contributed by atoms with Crippen LogP contribution >= 0.6 is 0 Å². The first-order chi connectivity index (χ1) is 11.6. The van der Waals surface area contributed by atoms with E-state index >= 15 is 0 Å². The lowest BCUT2D eigenvalue weighted by atomic mass is 10.1. The van der Waals surface area contributed by atoms with Crippen LogP contribution in [0.5, 0.6) is 0 Å². The average Bonchev–Trinajstić information content (AvgIpc) is 3.18. The van der Waals surface area contributed by atoms with Crippen LogP contribution in [0.1, 0.15) is 38.9 Å². The van der Waals surface area contributed by atoms with Crippen LogP contribution in [0, 0.1) is 13.8 Å². The predicted molar refractivity (Wildman–Crippen MR) is 90.0 cm³/mol. The van der Waals surface area contributed by atoms with Crippen LogP contribution in [-0.4, -0.2) is 17.6 Å². The van der Waals surface area contributed by atoms with E-state index in [1.807, 2.05) is 50.2 Å². The summed E-state index contributed by atoms with van der Waals surface area (Å²) < 4.78 is 10.8. The van der Waals surface area contributed by atoms with Crippen molar-refractivity contribution in [2.24, 2.45) is 0 Å². The molecule has 3 aromatic rings. The van der Waals surface area contributed by atoms with E-state index in [0.29, 0.717) is 18.7 Å². The zero-order valence-electron chi connectivity index (χ0n) is 13.8. The van der Waals surface area contributed by atoms with Gasteiger partial charge in [-0.3, -0.25) is 4.79 Å². The number of nitrogens with one attached hydrogen (secondary N) is 1. The van der Waals surface area contributed by atoms with Gasteiger partial charge in [0, 0.05) is 18.5 Å². The van der Waals surface area contributed by atoms with E-state index in [4.69, 9.17) is 8.94 Å². The highest BCUT2D eigenvalue weighted by Gasteiger charge is 2.15. The highest BCUT2D eigenvalue weighted by atomic mass is 16.5. The molecule has 3 rings (SSSR count). The van der Waals surface area contributed by atoms with Crippen molar-refractivity contribution in [3.8, 4) is 0 Å². The summed E-state index contributed by atoms with van der Waals surface area (Å²) in [6, 6.07) is 13.6. The number of hydrogen-bond acceptors (Lipinski definition) is 4. The average molecular weight is 324 g/mol. The minimum absolute atomic E-state index is 0.198. The van der Waals surface area contributed by atoms with Crippen molar-refractivity contribution in [2.75, 3.05) is 6.54 Å². The lowest BCUT2D eigenvalue weighted by Gasteiger charge is -2.03. The fourth-order valence-corrected chi connectivity index (χ4v) is 2.58. The van der Waals surface area contributed by atoms with Crippen molar-refractivity contribution in [2.45, 2.75) is 26.7 Å². The number of aryl methyl sites for hydroxylation is 2. The molecule has 5 nitrogen and oxygen atoms in total. The lowest BCUT2D eigenvalue weighted by Crippen LogP contribution is -2.25. The van der Waals surface area contributed by atoms with Gasteiger partial charge in [0.05, 0.1) is 5.69 Å². The van der Waals surface area contributed by atoms with Crippen LogP contribution in [0.3, 0.4) is 0 Å². The summed E-state index contributed by atoms with van der Waals surface area (Å²) in [4.78, 5) is 12.1. The Bertz CT molecular complexity index is 799. The standard InChI is InChI=1S/C19H20N2O3/c1-13-17(14(2)24-21-13)12-16-8-9-18(23-16)19(22)20-11-10-15-6-4-3-5-7-15/h3-9H,10-12H2,1-2H3,(H,20,22). The van der Waals surface area contributed by atoms with E-state index in [1.165, 1.54) is 5.56 Å². The van der Waals surface area contributed by atoms with Crippen LogP contribution in [-0.2, 0) is 12.8 Å². The normalized spacial score (nSPS) is 10.8. The maximum Gasteiger partial charge on any atom is 0.287 e. The van der Waals surface area contributed by atoms with Gasteiger partial charge in [-0.05, 0) is 38.0 Å². The maximum atomic E-state index is 12.1. The second-order valence-corrected chi connectivity index (χ2v) is 5.74. The first-order valence-corrected chi connectivity index (χ1v) is 7.96. The van der Waals surface area contributed by atoms with Gasteiger partial charge in [-0.2, -0.15) is 0 Å². The SMILES string of the molecule is Cc1noc(C)c1Cc1ccc(C(=O)NCCc2ccccc2)o1. The summed E-state index contributed by atoms with van der Waals surface area (Å²) in [5, 5.41) is 6.81. The summed E-state index contributed by atoms with van der Waals surface area (Å²) in [6.07, 6.45) is 1.36. The smallest absolute Gasteiger partial charge is 0.287 e. The van der Waals surface area contributed by atoms with E-state index in [1.54, 1.807) is 6.07 Å². The molecule has 0 radical (unpaired) electrons. The Morgan fingerprint density at radius 2 is 1.92 bits per heavy atom. The molecule has 0 saturated carbocycles. The number of furan rings is 1. The first kappa shape index (κ1) is 16.1. The van der Waals surface area contributed by atoms with Crippen LogP contribution in [0.2, 0.25) is 0 Å². The minimum atomic E-state index is -0.198. The fourth-order valence-electron chi connectivity index (χ4n) is 2.58. The van der Waals surface area contributed by atoms with Gasteiger partial charge in [0.25, 0.3) is 5.91 Å². The van der Waals surface area contributed by atoms with Crippen molar-refractivity contribution in [1.29, 1.82) is 0 Å². The van der Waals surface area contributed by atoms with Crippen molar-refractivity contribution < 1.29 is 13.7 Å². The fraction of sp³-hybridized carbons (Fsp3) is 0.263. The molecule has 5 heteroatoms. The van der Waals surface area contributed by atoms with Crippen LogP contribution in [0.4, 0.5) is 0 Å². The molecule has 1 amide bonds. The monoisotopic (exact) mass is 324 g/mol. The van der Waals surface area contributed by atoms with Gasteiger partial charge in [0.15, 0.2) is 5.76 Å². The van der Waals surface area contributed by atoms with Gasteiger partial charge in [-0.15, -0.1) is 0 Å². The summed E-state index contributed by atoms with van der Waals surface area (Å²) in [6.45, 7) is 4.34. The Balaban J connectivity index is 1.56. The Morgan fingerprint density at radius 3 is 2.62 bits per heavy atom. The molecular weight excluding hydrogens is 304 g/mol. The van der Waals surface area contributed by atoms with E-state index < -0.39 is 0 Å². The highest BCUT2D eigenvalue weighted by Crippen LogP contribution is 2.19. The minimum Gasteiger partial charge on any atom is -0.456 e. The molecule has 0 fully saturated rings. The third-order valence-corrected chi connectivity index (χ3v) is 3.96. The quantitative estimate of drug-likeness (QED) is 0.754. The van der Waals surface area contributed by atoms with Crippen molar-refractivity contribution in [3.63, 3.8) is 0 Å². The predicted octanol–water partition coefficient (Wildman–Crippen LogP) is 3.45. The summed E-state index contributed by atoms with van der Waals surface area (Å²) in [5.74, 6) is 1.62. The largest absolute Gasteiger partial charge is 0.456 e. The number of amides is 1. The third kappa shape index (κ3) is 3.74. The van der Waals surface area contributed by atoms with Gasteiger partial charge in [-0.25, -0.2) is 0 Å². The molecule has 1 N–H and O–H groups in total. The second-order valence-electron chi connectivity index (χ2n) is 5.74.